The molecule has 1 unspecified atom stereocenters. The molecule has 1 aliphatic heterocycles. The normalized spacial score (nSPS) is 17.0. The highest BCUT2D eigenvalue weighted by atomic mass is 32.2. The maximum atomic E-state index is 12.4. The summed E-state index contributed by atoms with van der Waals surface area (Å²) in [6.45, 7) is 3.16. The van der Waals surface area contributed by atoms with Crippen molar-refractivity contribution < 1.29 is 8.42 Å². The fraction of sp³-hybridized carbons (Fsp3) is 0.250. The van der Waals surface area contributed by atoms with Crippen molar-refractivity contribution in [3.8, 4) is 0 Å². The van der Waals surface area contributed by atoms with Gasteiger partial charge in [-0.15, -0.1) is 0 Å². The van der Waals surface area contributed by atoms with Crippen molar-refractivity contribution in [2.45, 2.75) is 30.4 Å². The number of anilines is 2. The summed E-state index contributed by atoms with van der Waals surface area (Å²) in [5.74, 6) is 0. The summed E-state index contributed by atoms with van der Waals surface area (Å²) in [5, 5.41) is 3.54. The first-order valence-corrected chi connectivity index (χ1v) is 11.9. The molecule has 0 bridgehead atoms. The van der Waals surface area contributed by atoms with E-state index in [1.165, 1.54) is 5.56 Å². The predicted molar refractivity (Wildman–Crippen MR) is 125 cm³/mol. The number of hydrogen-bond acceptors (Lipinski definition) is 5. The van der Waals surface area contributed by atoms with Gasteiger partial charge in [-0.05, 0) is 41.8 Å². The molecule has 31 heavy (non-hydrogen) atoms. The number of rotatable bonds is 8. The standard InChI is InChI=1S/C24H28N4O2S/c25-23-15-20(16-26-31(29,30)22-9-5-2-6-10-22)11-12-24(23)27-21-13-14-28(18-21)17-19-7-3-1-4-8-19/h1-12,15,21,26-27H,13-14,16-18,25H2. The molecule has 1 fully saturated rings. The van der Waals surface area contributed by atoms with E-state index in [1.807, 2.05) is 24.3 Å². The Hall–Kier alpha value is -2.87. The van der Waals surface area contributed by atoms with Gasteiger partial charge in [0.05, 0.1) is 16.3 Å². The Kier molecular flexibility index (Phi) is 6.56. The van der Waals surface area contributed by atoms with Gasteiger partial charge < -0.3 is 11.1 Å². The van der Waals surface area contributed by atoms with Gasteiger partial charge in [0.15, 0.2) is 0 Å². The van der Waals surface area contributed by atoms with E-state index < -0.39 is 10.0 Å². The highest BCUT2D eigenvalue weighted by molar-refractivity contribution is 7.89. The first-order valence-electron chi connectivity index (χ1n) is 10.5. The van der Waals surface area contributed by atoms with Gasteiger partial charge in [-0.25, -0.2) is 13.1 Å². The molecule has 0 spiro atoms. The molecule has 1 aliphatic rings. The molecule has 4 rings (SSSR count). The van der Waals surface area contributed by atoms with Crippen LogP contribution < -0.4 is 15.8 Å². The number of nitrogens with zero attached hydrogens (tertiary/aromatic N) is 1. The van der Waals surface area contributed by atoms with Gasteiger partial charge in [0.25, 0.3) is 0 Å². The zero-order chi connectivity index (χ0) is 21.7. The van der Waals surface area contributed by atoms with E-state index >= 15 is 0 Å². The van der Waals surface area contributed by atoms with E-state index in [0.29, 0.717) is 11.7 Å². The van der Waals surface area contributed by atoms with Gasteiger partial charge in [0.2, 0.25) is 10.0 Å². The quantitative estimate of drug-likeness (QED) is 0.471. The van der Waals surface area contributed by atoms with Gasteiger partial charge in [-0.3, -0.25) is 4.90 Å². The van der Waals surface area contributed by atoms with Crippen LogP contribution in [-0.4, -0.2) is 32.4 Å². The van der Waals surface area contributed by atoms with Crippen LogP contribution in [0.25, 0.3) is 0 Å². The fourth-order valence-corrected chi connectivity index (χ4v) is 4.91. The number of likely N-dealkylation sites (tertiary alicyclic amines) is 1. The Labute approximate surface area is 184 Å². The molecular weight excluding hydrogens is 408 g/mol. The van der Waals surface area contributed by atoms with Gasteiger partial charge in [-0.1, -0.05) is 54.6 Å². The number of benzene rings is 3. The van der Waals surface area contributed by atoms with Crippen LogP contribution in [0.4, 0.5) is 11.4 Å². The molecule has 7 heteroatoms. The maximum absolute atomic E-state index is 12.4. The van der Waals surface area contributed by atoms with Gasteiger partial charge in [0, 0.05) is 32.2 Å². The van der Waals surface area contributed by atoms with Crippen LogP contribution in [0.2, 0.25) is 0 Å². The monoisotopic (exact) mass is 436 g/mol. The fourth-order valence-electron chi connectivity index (χ4n) is 3.87. The number of nitrogens with one attached hydrogen (secondary N) is 2. The van der Waals surface area contributed by atoms with E-state index in [0.717, 1.165) is 37.3 Å². The summed E-state index contributed by atoms with van der Waals surface area (Å²) in [5.41, 5.74) is 9.91. The Balaban J connectivity index is 1.32. The molecule has 3 aromatic rings. The minimum atomic E-state index is -3.54. The van der Waals surface area contributed by atoms with E-state index in [-0.39, 0.29) is 11.4 Å². The second kappa shape index (κ2) is 9.51. The Morgan fingerprint density at radius 2 is 1.65 bits per heavy atom. The molecule has 4 N–H and O–H groups in total. The molecule has 1 heterocycles. The van der Waals surface area contributed by atoms with Crippen molar-refractivity contribution in [3.63, 3.8) is 0 Å². The van der Waals surface area contributed by atoms with Crippen molar-refractivity contribution in [1.82, 2.24) is 9.62 Å². The van der Waals surface area contributed by atoms with E-state index in [2.05, 4.69) is 39.2 Å². The van der Waals surface area contributed by atoms with Crippen LogP contribution in [0, 0.1) is 0 Å². The largest absolute Gasteiger partial charge is 0.397 e. The minimum Gasteiger partial charge on any atom is -0.397 e. The summed E-state index contributed by atoms with van der Waals surface area (Å²) >= 11 is 0. The third kappa shape index (κ3) is 5.64. The second-order valence-electron chi connectivity index (χ2n) is 7.91. The van der Waals surface area contributed by atoms with Gasteiger partial charge >= 0.3 is 0 Å². The third-order valence-electron chi connectivity index (χ3n) is 5.52. The molecular formula is C24H28N4O2S. The highest BCUT2D eigenvalue weighted by Crippen LogP contribution is 2.24. The van der Waals surface area contributed by atoms with Crippen molar-refractivity contribution in [2.24, 2.45) is 0 Å². The van der Waals surface area contributed by atoms with Crippen LogP contribution >= 0.6 is 0 Å². The lowest BCUT2D eigenvalue weighted by Crippen LogP contribution is -2.26. The lowest BCUT2D eigenvalue weighted by molar-refractivity contribution is 0.328. The average molecular weight is 437 g/mol. The molecule has 6 nitrogen and oxygen atoms in total. The first-order chi connectivity index (χ1) is 15.0. The smallest absolute Gasteiger partial charge is 0.240 e. The Morgan fingerprint density at radius 1 is 0.935 bits per heavy atom. The van der Waals surface area contributed by atoms with Crippen molar-refractivity contribution >= 4 is 21.4 Å². The van der Waals surface area contributed by atoms with Crippen molar-refractivity contribution in [1.29, 1.82) is 0 Å². The second-order valence-corrected chi connectivity index (χ2v) is 9.68. The lowest BCUT2D eigenvalue weighted by Gasteiger charge is -2.19. The number of sulfonamides is 1. The van der Waals surface area contributed by atoms with E-state index in [1.54, 1.807) is 30.3 Å². The Morgan fingerprint density at radius 3 is 2.35 bits per heavy atom. The zero-order valence-corrected chi connectivity index (χ0v) is 18.2. The molecule has 0 radical (unpaired) electrons. The zero-order valence-electron chi connectivity index (χ0n) is 17.4. The van der Waals surface area contributed by atoms with Gasteiger partial charge in [0.1, 0.15) is 0 Å². The Bertz CT molecular complexity index is 1100. The molecule has 1 saturated heterocycles. The minimum absolute atomic E-state index is 0.190. The van der Waals surface area contributed by atoms with Crippen molar-refractivity contribution in [2.75, 3.05) is 24.1 Å². The molecule has 0 saturated carbocycles. The average Bonchev–Trinajstić information content (AvgIpc) is 3.22. The number of nitrogen functional groups attached to an aromatic ring is 1. The first kappa shape index (κ1) is 21.4. The highest BCUT2D eigenvalue weighted by Gasteiger charge is 2.23. The molecule has 162 valence electrons. The lowest BCUT2D eigenvalue weighted by atomic mass is 10.1. The van der Waals surface area contributed by atoms with Crippen molar-refractivity contribution in [3.05, 3.63) is 90.0 Å². The topological polar surface area (TPSA) is 87.5 Å². The summed E-state index contributed by atoms with van der Waals surface area (Å²) in [4.78, 5) is 2.69. The number of nitrogens with two attached hydrogens (primary N) is 1. The summed E-state index contributed by atoms with van der Waals surface area (Å²) in [6.07, 6.45) is 1.06. The molecule has 0 aliphatic carbocycles. The number of hydrogen-bond donors (Lipinski definition) is 3. The maximum Gasteiger partial charge on any atom is 0.240 e. The summed E-state index contributed by atoms with van der Waals surface area (Å²) in [7, 11) is -3.54. The van der Waals surface area contributed by atoms with Crippen LogP contribution in [0.1, 0.15) is 17.5 Å². The predicted octanol–water partition coefficient (Wildman–Crippen LogP) is 3.43. The molecule has 1 atom stereocenters. The molecule has 0 aromatic heterocycles. The third-order valence-corrected chi connectivity index (χ3v) is 6.93. The van der Waals surface area contributed by atoms with Crippen LogP contribution in [0.3, 0.4) is 0 Å². The van der Waals surface area contributed by atoms with Crippen LogP contribution in [0.15, 0.2) is 83.8 Å². The van der Waals surface area contributed by atoms with E-state index in [9.17, 15) is 8.42 Å². The van der Waals surface area contributed by atoms with E-state index in [4.69, 9.17) is 5.73 Å². The summed E-state index contributed by atoms with van der Waals surface area (Å²) < 4.78 is 27.4. The van der Waals surface area contributed by atoms with Gasteiger partial charge in [-0.2, -0.15) is 0 Å². The SMILES string of the molecule is Nc1cc(CNS(=O)(=O)c2ccccc2)ccc1NC1CCN(Cc2ccccc2)C1. The van der Waals surface area contributed by atoms with Crippen LogP contribution in [-0.2, 0) is 23.1 Å². The van der Waals surface area contributed by atoms with Crippen LogP contribution in [0.5, 0.6) is 0 Å². The molecule has 0 amide bonds. The molecule has 3 aromatic carbocycles. The summed E-state index contributed by atoms with van der Waals surface area (Å²) in [6, 6.07) is 24.9.